The molecule has 2 unspecified atom stereocenters. The van der Waals surface area contributed by atoms with Gasteiger partial charge >= 0.3 is 0 Å². The van der Waals surface area contributed by atoms with Crippen molar-refractivity contribution >= 4 is 15.6 Å². The first-order chi connectivity index (χ1) is 16.1. The maximum Gasteiger partial charge on any atom is 0.178 e. The summed E-state index contributed by atoms with van der Waals surface area (Å²) in [7, 11) is -3.02. The molecule has 1 aromatic heterocycles. The molecule has 1 aromatic carbocycles. The third-order valence-corrected chi connectivity index (χ3v) is 8.50. The van der Waals surface area contributed by atoms with E-state index in [0.717, 1.165) is 41.9 Å². The summed E-state index contributed by atoms with van der Waals surface area (Å²) >= 11 is 0. The van der Waals surface area contributed by atoms with Crippen LogP contribution >= 0.6 is 0 Å². The third-order valence-electron chi connectivity index (χ3n) is 7.47. The first-order valence-electron chi connectivity index (χ1n) is 12.0. The van der Waals surface area contributed by atoms with Crippen molar-refractivity contribution in [2.75, 3.05) is 18.6 Å². The largest absolute Gasteiger partial charge is 0.391 e. The molecule has 3 atom stereocenters. The number of carbonyl (C=O) groups is 1. The average molecular weight is 484 g/mol. The van der Waals surface area contributed by atoms with Gasteiger partial charge in [0.05, 0.1) is 24.3 Å². The van der Waals surface area contributed by atoms with Crippen LogP contribution in [-0.2, 0) is 16.3 Å². The van der Waals surface area contributed by atoms with E-state index in [4.69, 9.17) is 5.26 Å². The van der Waals surface area contributed by atoms with Gasteiger partial charge in [-0.1, -0.05) is 0 Å². The molecule has 34 heavy (non-hydrogen) atoms. The van der Waals surface area contributed by atoms with Crippen molar-refractivity contribution in [1.82, 2.24) is 9.47 Å². The molecule has 2 aliphatic rings. The number of hydrogen-bond acceptors (Lipinski definition) is 6. The lowest BCUT2D eigenvalue weighted by Crippen LogP contribution is -2.36. The Morgan fingerprint density at radius 3 is 2.41 bits per heavy atom. The first kappa shape index (κ1) is 24.6. The highest BCUT2D eigenvalue weighted by atomic mass is 32.2. The van der Waals surface area contributed by atoms with E-state index in [1.807, 2.05) is 26.0 Å². The smallest absolute Gasteiger partial charge is 0.178 e. The first-order valence-corrected chi connectivity index (χ1v) is 14.0. The highest BCUT2D eigenvalue weighted by molar-refractivity contribution is 7.90. The number of aliphatic hydroxyl groups excluding tert-OH is 1. The van der Waals surface area contributed by atoms with Crippen molar-refractivity contribution in [2.24, 2.45) is 0 Å². The second kappa shape index (κ2) is 9.65. The number of nitrogens with zero attached hydrogens (tertiary/aromatic N) is 3. The minimum absolute atomic E-state index is 0.0529. The molecular formula is C26H33N3O4S. The minimum atomic E-state index is -3.02. The standard InChI is InChI=1S/C26H33N3O4S/c1-17-22(6-4-5-13-34(3,32)33)26(18(2)29(17)20-9-7-19(15-27)8-10-20)25(31)16-28-21-11-12-23(28)24(30)14-21/h7-10,21,23-24,30H,4-6,11-14,16H2,1-3H3/t21?,23?,24-/m1/s1. The van der Waals surface area contributed by atoms with E-state index in [1.165, 1.54) is 6.26 Å². The van der Waals surface area contributed by atoms with Gasteiger partial charge in [-0.3, -0.25) is 9.69 Å². The van der Waals surface area contributed by atoms with E-state index in [-0.39, 0.29) is 29.7 Å². The van der Waals surface area contributed by atoms with E-state index in [0.29, 0.717) is 36.9 Å². The summed E-state index contributed by atoms with van der Waals surface area (Å²) in [5, 5.41) is 19.4. The number of unbranched alkanes of at least 4 members (excludes halogenated alkanes) is 1. The molecule has 2 aromatic rings. The van der Waals surface area contributed by atoms with Gasteiger partial charge in [-0.2, -0.15) is 5.26 Å². The van der Waals surface area contributed by atoms with Crippen molar-refractivity contribution in [3.05, 3.63) is 52.3 Å². The highest BCUT2D eigenvalue weighted by Crippen LogP contribution is 2.38. The summed E-state index contributed by atoms with van der Waals surface area (Å²) in [4.78, 5) is 15.9. The van der Waals surface area contributed by atoms with Crippen molar-refractivity contribution in [2.45, 2.75) is 70.6 Å². The number of aliphatic hydroxyl groups is 1. The van der Waals surface area contributed by atoms with Gasteiger partial charge in [-0.15, -0.1) is 0 Å². The monoisotopic (exact) mass is 483 g/mol. The molecule has 8 heteroatoms. The van der Waals surface area contributed by atoms with Crippen molar-refractivity contribution < 1.29 is 18.3 Å². The topological polar surface area (TPSA) is 103 Å². The van der Waals surface area contributed by atoms with E-state index in [2.05, 4.69) is 15.5 Å². The summed E-state index contributed by atoms with van der Waals surface area (Å²) < 4.78 is 25.2. The Labute approximate surface area is 201 Å². The SMILES string of the molecule is Cc1c(CCCCS(C)(=O)=O)c(C(=O)CN2C3CCC2[C@H](O)C3)c(C)n1-c1ccc(C#N)cc1. The molecule has 182 valence electrons. The molecule has 0 radical (unpaired) electrons. The molecule has 0 amide bonds. The Hall–Kier alpha value is -2.47. The van der Waals surface area contributed by atoms with E-state index >= 15 is 0 Å². The van der Waals surface area contributed by atoms with Crippen LogP contribution in [0.25, 0.3) is 5.69 Å². The summed E-state index contributed by atoms with van der Waals surface area (Å²) in [5.41, 5.74) is 4.97. The van der Waals surface area contributed by atoms with Gasteiger partial charge < -0.3 is 9.67 Å². The molecule has 7 nitrogen and oxygen atoms in total. The fourth-order valence-electron chi connectivity index (χ4n) is 5.87. The lowest BCUT2D eigenvalue weighted by Gasteiger charge is -2.21. The van der Waals surface area contributed by atoms with Crippen LogP contribution in [0.1, 0.15) is 65.0 Å². The molecule has 3 heterocycles. The number of benzene rings is 1. The highest BCUT2D eigenvalue weighted by Gasteiger charge is 2.46. The zero-order valence-corrected chi connectivity index (χ0v) is 20.9. The third kappa shape index (κ3) is 4.83. The number of aromatic nitrogens is 1. The number of sulfone groups is 1. The Morgan fingerprint density at radius 1 is 1.15 bits per heavy atom. The zero-order valence-electron chi connectivity index (χ0n) is 20.1. The van der Waals surface area contributed by atoms with Crippen LogP contribution in [0.15, 0.2) is 24.3 Å². The average Bonchev–Trinajstić information content (AvgIpc) is 3.38. The van der Waals surface area contributed by atoms with Crippen LogP contribution in [0, 0.1) is 25.2 Å². The maximum absolute atomic E-state index is 13.7. The van der Waals surface area contributed by atoms with Crippen molar-refractivity contribution in [3.8, 4) is 11.8 Å². The van der Waals surface area contributed by atoms with Gasteiger partial charge in [0, 0.05) is 46.7 Å². The second-order valence-corrected chi connectivity index (χ2v) is 12.1. The van der Waals surface area contributed by atoms with Gasteiger partial charge in [-0.05, 0) is 82.2 Å². The van der Waals surface area contributed by atoms with Crippen LogP contribution in [0.4, 0.5) is 0 Å². The number of hydrogen-bond donors (Lipinski definition) is 1. The molecule has 1 N–H and O–H groups in total. The molecule has 4 rings (SSSR count). The summed E-state index contributed by atoms with van der Waals surface area (Å²) in [6.07, 6.45) is 5.45. The van der Waals surface area contributed by atoms with E-state index < -0.39 is 9.84 Å². The van der Waals surface area contributed by atoms with Gasteiger partial charge in [0.15, 0.2) is 5.78 Å². The van der Waals surface area contributed by atoms with Gasteiger partial charge in [0.2, 0.25) is 0 Å². The van der Waals surface area contributed by atoms with Gasteiger partial charge in [-0.25, -0.2) is 8.42 Å². The molecular weight excluding hydrogens is 450 g/mol. The second-order valence-electron chi connectivity index (χ2n) is 9.80. The molecule has 2 aliphatic heterocycles. The van der Waals surface area contributed by atoms with Crippen LogP contribution in [0.3, 0.4) is 0 Å². The Balaban J connectivity index is 1.66. The fraction of sp³-hybridized carbons (Fsp3) is 0.538. The number of ketones is 1. The predicted octanol–water partition coefficient (Wildman–Crippen LogP) is 3.11. The molecule has 2 bridgehead atoms. The molecule has 0 spiro atoms. The zero-order chi connectivity index (χ0) is 24.6. The number of Topliss-reactive ketones (excluding diaryl/α,β-unsaturated/α-hetero) is 1. The number of fused-ring (bicyclic) bond motifs is 2. The quantitative estimate of drug-likeness (QED) is 0.434. The van der Waals surface area contributed by atoms with Crippen LogP contribution < -0.4 is 0 Å². The number of rotatable bonds is 9. The Bertz CT molecular complexity index is 1220. The molecule has 2 fully saturated rings. The van der Waals surface area contributed by atoms with E-state index in [9.17, 15) is 18.3 Å². The van der Waals surface area contributed by atoms with Crippen LogP contribution in [-0.4, -0.2) is 65.5 Å². The fourth-order valence-corrected chi connectivity index (χ4v) is 6.60. The van der Waals surface area contributed by atoms with Crippen LogP contribution in [0.5, 0.6) is 0 Å². The Morgan fingerprint density at radius 2 is 1.85 bits per heavy atom. The van der Waals surface area contributed by atoms with Crippen molar-refractivity contribution in [1.29, 1.82) is 5.26 Å². The molecule has 2 saturated heterocycles. The Kier molecular flexibility index (Phi) is 6.99. The predicted molar refractivity (Wildman–Crippen MR) is 131 cm³/mol. The normalized spacial score (nSPS) is 22.3. The maximum atomic E-state index is 13.7. The van der Waals surface area contributed by atoms with E-state index in [1.54, 1.807) is 12.1 Å². The lowest BCUT2D eigenvalue weighted by molar-refractivity contribution is 0.0872. The molecule has 0 saturated carbocycles. The summed E-state index contributed by atoms with van der Waals surface area (Å²) in [6, 6.07) is 9.78. The van der Waals surface area contributed by atoms with Crippen LogP contribution in [0.2, 0.25) is 0 Å². The lowest BCUT2D eigenvalue weighted by atomic mass is 9.98. The minimum Gasteiger partial charge on any atom is -0.391 e. The van der Waals surface area contributed by atoms with Gasteiger partial charge in [0.1, 0.15) is 9.84 Å². The number of nitriles is 1. The molecule has 0 aliphatic carbocycles. The summed E-state index contributed by atoms with van der Waals surface area (Å²) in [6.45, 7) is 4.24. The van der Waals surface area contributed by atoms with Crippen molar-refractivity contribution in [3.63, 3.8) is 0 Å². The number of carbonyl (C=O) groups excluding carboxylic acids is 1. The van der Waals surface area contributed by atoms with Gasteiger partial charge in [0.25, 0.3) is 0 Å². The summed E-state index contributed by atoms with van der Waals surface area (Å²) in [5.74, 6) is 0.191.